The van der Waals surface area contributed by atoms with Crippen LogP contribution in [0.25, 0.3) is 0 Å². The van der Waals surface area contributed by atoms with E-state index in [1.807, 2.05) is 37.3 Å². The Bertz CT molecular complexity index is 1190. The van der Waals surface area contributed by atoms with Gasteiger partial charge in [-0.15, -0.1) is 0 Å². The van der Waals surface area contributed by atoms with E-state index >= 15 is 0 Å². The molecule has 0 aliphatic carbocycles. The Morgan fingerprint density at radius 1 is 0.909 bits per heavy atom. The van der Waals surface area contributed by atoms with E-state index < -0.39 is 27.9 Å². The number of hydrogen-bond acceptors (Lipinski definition) is 5. The van der Waals surface area contributed by atoms with Crippen molar-refractivity contribution in [2.45, 2.75) is 31.2 Å². The summed E-state index contributed by atoms with van der Waals surface area (Å²) in [6.45, 7) is 3.85. The summed E-state index contributed by atoms with van der Waals surface area (Å²) in [6.07, 6.45) is 0.165. The topological polar surface area (TPSA) is 102 Å². The number of hydrogen-bond donors (Lipinski definition) is 2. The lowest BCUT2D eigenvalue weighted by Gasteiger charge is -2.19. The zero-order chi connectivity index (χ0) is 23.8. The Labute approximate surface area is 193 Å². The van der Waals surface area contributed by atoms with Crippen LogP contribution in [0.3, 0.4) is 0 Å². The molecule has 1 amide bonds. The molecule has 2 N–H and O–H groups in total. The summed E-state index contributed by atoms with van der Waals surface area (Å²) in [7, 11) is -3.93. The molecule has 0 saturated heterocycles. The SMILES string of the molecule is CCOC(=O)c1ccc(NC(=O)[C@@H](Cc2ccccc2)NS(=O)(=O)c2ccc(C)cc2)cc1. The molecule has 0 aromatic heterocycles. The molecule has 0 radical (unpaired) electrons. The highest BCUT2D eigenvalue weighted by Gasteiger charge is 2.26. The molecular formula is C25H26N2O5S. The summed E-state index contributed by atoms with van der Waals surface area (Å²) in [6, 6.07) is 20.7. The minimum Gasteiger partial charge on any atom is -0.462 e. The average molecular weight is 467 g/mol. The summed E-state index contributed by atoms with van der Waals surface area (Å²) in [5, 5.41) is 2.73. The summed E-state index contributed by atoms with van der Waals surface area (Å²) in [4.78, 5) is 25.0. The van der Waals surface area contributed by atoms with Crippen LogP contribution in [0.5, 0.6) is 0 Å². The van der Waals surface area contributed by atoms with E-state index in [0.29, 0.717) is 11.3 Å². The second-order valence-electron chi connectivity index (χ2n) is 7.46. The third kappa shape index (κ3) is 6.74. The number of rotatable bonds is 9. The first kappa shape index (κ1) is 24.2. The van der Waals surface area contributed by atoms with E-state index in [9.17, 15) is 18.0 Å². The molecule has 0 unspecified atom stereocenters. The fourth-order valence-corrected chi connectivity index (χ4v) is 4.34. The van der Waals surface area contributed by atoms with Gasteiger partial charge in [0.15, 0.2) is 0 Å². The summed E-state index contributed by atoms with van der Waals surface area (Å²) in [5.74, 6) is -0.971. The number of esters is 1. The molecule has 0 fully saturated rings. The summed E-state index contributed by atoms with van der Waals surface area (Å²) >= 11 is 0. The first-order valence-corrected chi connectivity index (χ1v) is 12.0. The van der Waals surface area contributed by atoms with Gasteiger partial charge in [-0.05, 0) is 62.2 Å². The fraction of sp³-hybridized carbons (Fsp3) is 0.200. The van der Waals surface area contributed by atoms with Crippen molar-refractivity contribution in [3.8, 4) is 0 Å². The minimum atomic E-state index is -3.93. The van der Waals surface area contributed by atoms with Crippen LogP contribution in [-0.4, -0.2) is 32.9 Å². The van der Waals surface area contributed by atoms with Gasteiger partial charge in [-0.25, -0.2) is 13.2 Å². The van der Waals surface area contributed by atoms with Crippen molar-refractivity contribution >= 4 is 27.6 Å². The van der Waals surface area contributed by atoms with E-state index in [1.54, 1.807) is 31.2 Å². The Kier molecular flexibility index (Phi) is 7.97. The van der Waals surface area contributed by atoms with E-state index in [-0.39, 0.29) is 17.9 Å². The molecule has 3 aromatic carbocycles. The molecule has 0 saturated carbocycles. The normalized spacial score (nSPS) is 12.1. The van der Waals surface area contributed by atoms with Gasteiger partial charge in [0.25, 0.3) is 0 Å². The van der Waals surface area contributed by atoms with Crippen molar-refractivity contribution in [1.82, 2.24) is 4.72 Å². The van der Waals surface area contributed by atoms with Crippen molar-refractivity contribution in [1.29, 1.82) is 0 Å². The average Bonchev–Trinajstić information content (AvgIpc) is 2.80. The van der Waals surface area contributed by atoms with Crippen molar-refractivity contribution in [3.63, 3.8) is 0 Å². The first-order valence-electron chi connectivity index (χ1n) is 10.5. The molecule has 7 nitrogen and oxygen atoms in total. The van der Waals surface area contributed by atoms with E-state index in [0.717, 1.165) is 11.1 Å². The standard InChI is InChI=1S/C25H26N2O5S/c1-3-32-25(29)20-11-13-21(14-12-20)26-24(28)23(17-19-7-5-4-6-8-19)27-33(30,31)22-15-9-18(2)10-16-22/h4-16,23,27H,3,17H2,1-2H3,(H,26,28)/t23-/m1/s1. The Hall–Kier alpha value is -3.49. The van der Waals surface area contributed by atoms with Crippen LogP contribution >= 0.6 is 0 Å². The maximum atomic E-state index is 13.1. The van der Waals surface area contributed by atoms with E-state index in [1.165, 1.54) is 24.3 Å². The van der Waals surface area contributed by atoms with Crippen LogP contribution in [-0.2, 0) is 26.0 Å². The number of aryl methyl sites for hydroxylation is 1. The molecule has 0 spiro atoms. The van der Waals surface area contributed by atoms with Gasteiger partial charge in [0.2, 0.25) is 15.9 Å². The predicted molar refractivity (Wildman–Crippen MR) is 126 cm³/mol. The quantitative estimate of drug-likeness (QED) is 0.468. The zero-order valence-corrected chi connectivity index (χ0v) is 19.3. The van der Waals surface area contributed by atoms with Crippen molar-refractivity contribution in [3.05, 3.63) is 95.6 Å². The van der Waals surface area contributed by atoms with Crippen LogP contribution in [0.15, 0.2) is 83.8 Å². The van der Waals surface area contributed by atoms with E-state index in [4.69, 9.17) is 4.74 Å². The van der Waals surface area contributed by atoms with Gasteiger partial charge in [-0.3, -0.25) is 4.79 Å². The number of nitrogens with one attached hydrogen (secondary N) is 2. The largest absolute Gasteiger partial charge is 0.462 e. The lowest BCUT2D eigenvalue weighted by atomic mass is 10.1. The van der Waals surface area contributed by atoms with Crippen molar-refractivity contribution in [2.24, 2.45) is 0 Å². The summed E-state index contributed by atoms with van der Waals surface area (Å²) < 4.78 is 33.4. The van der Waals surface area contributed by atoms with Crippen LogP contribution in [0.4, 0.5) is 5.69 Å². The van der Waals surface area contributed by atoms with Crippen LogP contribution < -0.4 is 10.0 Å². The maximum Gasteiger partial charge on any atom is 0.338 e. The van der Waals surface area contributed by atoms with Gasteiger partial charge in [-0.1, -0.05) is 48.0 Å². The van der Waals surface area contributed by atoms with Crippen LogP contribution in [0.1, 0.15) is 28.4 Å². The van der Waals surface area contributed by atoms with Gasteiger partial charge >= 0.3 is 5.97 Å². The molecule has 172 valence electrons. The van der Waals surface area contributed by atoms with Crippen LogP contribution in [0.2, 0.25) is 0 Å². The van der Waals surface area contributed by atoms with Crippen molar-refractivity contribution < 1.29 is 22.7 Å². The molecule has 3 rings (SSSR count). The third-order valence-corrected chi connectivity index (χ3v) is 6.38. The molecule has 1 atom stereocenters. The zero-order valence-electron chi connectivity index (χ0n) is 18.4. The van der Waals surface area contributed by atoms with E-state index in [2.05, 4.69) is 10.0 Å². The molecule has 0 bridgehead atoms. The number of sulfonamides is 1. The molecule has 0 heterocycles. The van der Waals surface area contributed by atoms with Crippen molar-refractivity contribution in [2.75, 3.05) is 11.9 Å². The molecule has 33 heavy (non-hydrogen) atoms. The highest BCUT2D eigenvalue weighted by molar-refractivity contribution is 7.89. The number of carbonyl (C=O) groups is 2. The highest BCUT2D eigenvalue weighted by atomic mass is 32.2. The lowest BCUT2D eigenvalue weighted by Crippen LogP contribution is -2.45. The lowest BCUT2D eigenvalue weighted by molar-refractivity contribution is -0.117. The Morgan fingerprint density at radius 2 is 1.55 bits per heavy atom. The third-order valence-electron chi connectivity index (χ3n) is 4.89. The predicted octanol–water partition coefficient (Wildman–Crippen LogP) is 3.70. The Balaban J connectivity index is 1.80. The van der Waals surface area contributed by atoms with Gasteiger partial charge in [0, 0.05) is 5.69 Å². The highest BCUT2D eigenvalue weighted by Crippen LogP contribution is 2.15. The number of carbonyl (C=O) groups excluding carboxylic acids is 2. The Morgan fingerprint density at radius 3 is 2.15 bits per heavy atom. The number of amides is 1. The van der Waals surface area contributed by atoms with Gasteiger partial charge < -0.3 is 10.1 Å². The van der Waals surface area contributed by atoms with Gasteiger partial charge in [-0.2, -0.15) is 4.72 Å². The number of benzene rings is 3. The molecule has 8 heteroatoms. The van der Waals surface area contributed by atoms with Gasteiger partial charge in [0.1, 0.15) is 6.04 Å². The molecular weight excluding hydrogens is 440 g/mol. The number of anilines is 1. The van der Waals surface area contributed by atoms with Gasteiger partial charge in [0.05, 0.1) is 17.1 Å². The monoisotopic (exact) mass is 466 g/mol. The maximum absolute atomic E-state index is 13.1. The second-order valence-corrected chi connectivity index (χ2v) is 9.18. The minimum absolute atomic E-state index is 0.0813. The smallest absolute Gasteiger partial charge is 0.338 e. The molecule has 3 aromatic rings. The molecule has 0 aliphatic rings. The fourth-order valence-electron chi connectivity index (χ4n) is 3.14. The summed E-state index contributed by atoms with van der Waals surface area (Å²) in [5.41, 5.74) is 2.53. The first-order chi connectivity index (χ1) is 15.8. The second kappa shape index (κ2) is 10.9. The number of ether oxygens (including phenoxy) is 1. The molecule has 0 aliphatic heterocycles. The van der Waals surface area contributed by atoms with Crippen LogP contribution in [0, 0.1) is 6.92 Å².